The molecular formula is C15H24N2O2. The summed E-state index contributed by atoms with van der Waals surface area (Å²) in [6, 6.07) is 6.05. The largest absolute Gasteiger partial charge is 0.493 e. The average Bonchev–Trinajstić information content (AvgIpc) is 2.37. The Morgan fingerprint density at radius 2 is 2.00 bits per heavy atom. The van der Waals surface area contributed by atoms with Crippen LogP contribution >= 0.6 is 0 Å². The van der Waals surface area contributed by atoms with Gasteiger partial charge in [0.05, 0.1) is 14.2 Å². The summed E-state index contributed by atoms with van der Waals surface area (Å²) in [5.41, 5.74) is 7.60. The zero-order chi connectivity index (χ0) is 13.9. The summed E-state index contributed by atoms with van der Waals surface area (Å²) in [6.45, 7) is 2.09. The lowest BCUT2D eigenvalue weighted by Gasteiger charge is -2.38. The molecule has 1 atom stereocenters. The quantitative estimate of drug-likeness (QED) is 0.898. The minimum Gasteiger partial charge on any atom is -0.493 e. The highest BCUT2D eigenvalue weighted by molar-refractivity contribution is 5.43. The lowest BCUT2D eigenvalue weighted by atomic mass is 9.84. The second kappa shape index (κ2) is 5.80. The molecular weight excluding hydrogens is 240 g/mol. The zero-order valence-corrected chi connectivity index (χ0v) is 12.1. The van der Waals surface area contributed by atoms with Gasteiger partial charge >= 0.3 is 0 Å². The SMILES string of the molecule is COc1ccc(CC2(N)CCCN(C)C2)cc1OC. The molecule has 1 aliphatic rings. The maximum atomic E-state index is 6.53. The van der Waals surface area contributed by atoms with E-state index >= 15 is 0 Å². The molecule has 19 heavy (non-hydrogen) atoms. The number of hydrogen-bond donors (Lipinski definition) is 1. The summed E-state index contributed by atoms with van der Waals surface area (Å²) in [5, 5.41) is 0. The smallest absolute Gasteiger partial charge is 0.160 e. The average molecular weight is 264 g/mol. The molecule has 0 radical (unpaired) electrons. The molecule has 2 N–H and O–H groups in total. The zero-order valence-electron chi connectivity index (χ0n) is 12.1. The topological polar surface area (TPSA) is 47.7 Å². The van der Waals surface area contributed by atoms with Crippen molar-refractivity contribution in [3.63, 3.8) is 0 Å². The van der Waals surface area contributed by atoms with Crippen molar-refractivity contribution in [2.75, 3.05) is 34.4 Å². The second-order valence-electron chi connectivity index (χ2n) is 5.57. The molecule has 1 unspecified atom stereocenters. The van der Waals surface area contributed by atoms with Gasteiger partial charge in [-0.25, -0.2) is 0 Å². The van der Waals surface area contributed by atoms with Crippen molar-refractivity contribution in [3.05, 3.63) is 23.8 Å². The third-order valence-electron chi connectivity index (χ3n) is 3.80. The van der Waals surface area contributed by atoms with Gasteiger partial charge in [0.15, 0.2) is 11.5 Å². The van der Waals surface area contributed by atoms with Crippen molar-refractivity contribution in [3.8, 4) is 11.5 Å². The maximum absolute atomic E-state index is 6.53. The molecule has 1 fully saturated rings. The Labute approximate surface area is 115 Å². The van der Waals surface area contributed by atoms with Crippen molar-refractivity contribution >= 4 is 0 Å². The molecule has 0 spiro atoms. The van der Waals surface area contributed by atoms with Crippen molar-refractivity contribution in [1.82, 2.24) is 4.90 Å². The summed E-state index contributed by atoms with van der Waals surface area (Å²) >= 11 is 0. The molecule has 1 aromatic rings. The highest BCUT2D eigenvalue weighted by Gasteiger charge is 2.30. The van der Waals surface area contributed by atoms with Gasteiger partial charge < -0.3 is 20.1 Å². The molecule has 1 heterocycles. The van der Waals surface area contributed by atoms with Crippen LogP contribution in [0.5, 0.6) is 11.5 Å². The fraction of sp³-hybridized carbons (Fsp3) is 0.600. The molecule has 4 heteroatoms. The third kappa shape index (κ3) is 3.39. The van der Waals surface area contributed by atoms with Crippen LogP contribution in [0.2, 0.25) is 0 Å². The van der Waals surface area contributed by atoms with E-state index in [0.29, 0.717) is 0 Å². The van der Waals surface area contributed by atoms with Crippen LogP contribution < -0.4 is 15.2 Å². The minimum absolute atomic E-state index is 0.132. The first-order valence-corrected chi connectivity index (χ1v) is 6.75. The molecule has 2 rings (SSSR count). The molecule has 106 valence electrons. The van der Waals surface area contributed by atoms with E-state index in [0.717, 1.165) is 37.4 Å². The van der Waals surface area contributed by atoms with Crippen molar-refractivity contribution in [2.45, 2.75) is 24.8 Å². The van der Waals surface area contributed by atoms with Crippen LogP contribution in [0, 0.1) is 0 Å². The Morgan fingerprint density at radius 3 is 2.63 bits per heavy atom. The predicted octanol–water partition coefficient (Wildman–Crippen LogP) is 1.67. The van der Waals surface area contributed by atoms with Gasteiger partial charge in [-0.15, -0.1) is 0 Å². The molecule has 0 saturated carbocycles. The summed E-state index contributed by atoms with van der Waals surface area (Å²) in [6.07, 6.45) is 3.11. The Kier molecular flexibility index (Phi) is 4.32. The van der Waals surface area contributed by atoms with Crippen molar-refractivity contribution < 1.29 is 9.47 Å². The van der Waals surface area contributed by atoms with Crippen molar-refractivity contribution in [2.24, 2.45) is 5.73 Å². The van der Waals surface area contributed by atoms with E-state index in [1.165, 1.54) is 12.0 Å². The molecule has 4 nitrogen and oxygen atoms in total. The number of methoxy groups -OCH3 is 2. The number of nitrogens with zero attached hydrogens (tertiary/aromatic N) is 1. The molecule has 0 aliphatic carbocycles. The van der Waals surface area contributed by atoms with E-state index in [1.54, 1.807) is 14.2 Å². The van der Waals surface area contributed by atoms with Crippen LogP contribution in [0.15, 0.2) is 18.2 Å². The van der Waals surface area contributed by atoms with Crippen LogP contribution in [0.4, 0.5) is 0 Å². The highest BCUT2D eigenvalue weighted by atomic mass is 16.5. The first kappa shape index (κ1) is 14.2. The molecule has 1 aliphatic heterocycles. The van der Waals surface area contributed by atoms with Gasteiger partial charge in [0.1, 0.15) is 0 Å². The van der Waals surface area contributed by atoms with E-state index in [9.17, 15) is 0 Å². The van der Waals surface area contributed by atoms with Gasteiger partial charge in [-0.3, -0.25) is 0 Å². The number of likely N-dealkylation sites (tertiary alicyclic amines) is 1. The molecule has 0 aromatic heterocycles. The van der Waals surface area contributed by atoms with Crippen LogP contribution in [-0.4, -0.2) is 44.8 Å². The second-order valence-corrected chi connectivity index (χ2v) is 5.57. The van der Waals surface area contributed by atoms with E-state index < -0.39 is 0 Å². The van der Waals surface area contributed by atoms with E-state index in [2.05, 4.69) is 18.0 Å². The number of rotatable bonds is 4. The number of ether oxygens (including phenoxy) is 2. The summed E-state index contributed by atoms with van der Waals surface area (Å²) in [4.78, 5) is 2.31. The van der Waals surface area contributed by atoms with Gasteiger partial charge in [0.2, 0.25) is 0 Å². The normalized spacial score (nSPS) is 24.2. The summed E-state index contributed by atoms with van der Waals surface area (Å²) in [7, 11) is 5.45. The van der Waals surface area contributed by atoms with Crippen LogP contribution in [0.1, 0.15) is 18.4 Å². The Hall–Kier alpha value is -1.26. The van der Waals surface area contributed by atoms with Gasteiger partial charge in [0, 0.05) is 12.1 Å². The summed E-state index contributed by atoms with van der Waals surface area (Å²) in [5.74, 6) is 1.53. The highest BCUT2D eigenvalue weighted by Crippen LogP contribution is 2.30. The van der Waals surface area contributed by atoms with Gasteiger partial charge in [-0.2, -0.15) is 0 Å². The fourth-order valence-corrected chi connectivity index (χ4v) is 2.94. The van der Waals surface area contributed by atoms with E-state index in [4.69, 9.17) is 15.2 Å². The van der Waals surface area contributed by atoms with Crippen LogP contribution in [0.3, 0.4) is 0 Å². The lowest BCUT2D eigenvalue weighted by molar-refractivity contribution is 0.178. The van der Waals surface area contributed by atoms with Gasteiger partial charge in [-0.05, 0) is 50.6 Å². The molecule has 0 bridgehead atoms. The lowest BCUT2D eigenvalue weighted by Crippen LogP contribution is -2.54. The number of likely N-dealkylation sites (N-methyl/N-ethyl adjacent to an activating group) is 1. The van der Waals surface area contributed by atoms with E-state index in [1.807, 2.05) is 12.1 Å². The van der Waals surface area contributed by atoms with Crippen LogP contribution in [0.25, 0.3) is 0 Å². The van der Waals surface area contributed by atoms with Crippen LogP contribution in [-0.2, 0) is 6.42 Å². The third-order valence-corrected chi connectivity index (χ3v) is 3.80. The minimum atomic E-state index is -0.132. The van der Waals surface area contributed by atoms with E-state index in [-0.39, 0.29) is 5.54 Å². The monoisotopic (exact) mass is 264 g/mol. The molecule has 1 saturated heterocycles. The molecule has 0 amide bonds. The summed E-state index contributed by atoms with van der Waals surface area (Å²) < 4.78 is 10.6. The molecule has 1 aromatic carbocycles. The Bertz CT molecular complexity index is 436. The maximum Gasteiger partial charge on any atom is 0.160 e. The van der Waals surface area contributed by atoms with Gasteiger partial charge in [0.25, 0.3) is 0 Å². The standard InChI is InChI=1S/C15H24N2O2/c1-17-8-4-7-15(16,11-17)10-12-5-6-13(18-2)14(9-12)19-3/h5-6,9H,4,7-8,10-11,16H2,1-3H3. The fourth-order valence-electron chi connectivity index (χ4n) is 2.94. The Morgan fingerprint density at radius 1 is 1.26 bits per heavy atom. The first-order valence-electron chi connectivity index (χ1n) is 6.75. The Balaban J connectivity index is 2.14. The predicted molar refractivity (Wildman–Crippen MR) is 76.9 cm³/mol. The number of nitrogens with two attached hydrogens (primary N) is 1. The number of benzene rings is 1. The number of hydrogen-bond acceptors (Lipinski definition) is 4. The first-order chi connectivity index (χ1) is 9.06. The van der Waals surface area contributed by atoms with Gasteiger partial charge in [-0.1, -0.05) is 6.07 Å². The van der Waals surface area contributed by atoms with Crippen molar-refractivity contribution in [1.29, 1.82) is 0 Å². The number of piperidine rings is 1.